The Hall–Kier alpha value is -1.02. The van der Waals surface area contributed by atoms with Crippen LogP contribution in [-0.4, -0.2) is 12.2 Å². The van der Waals surface area contributed by atoms with E-state index in [1.807, 2.05) is 13.0 Å². The van der Waals surface area contributed by atoms with E-state index in [2.05, 4.69) is 13.0 Å². The predicted octanol–water partition coefficient (Wildman–Crippen LogP) is 4.32. The Morgan fingerprint density at radius 1 is 1.16 bits per heavy atom. The van der Waals surface area contributed by atoms with Gasteiger partial charge in [-0.15, -0.1) is 0 Å². The molecule has 1 aliphatic carbocycles. The van der Waals surface area contributed by atoms with E-state index >= 15 is 0 Å². The van der Waals surface area contributed by atoms with Crippen LogP contribution >= 0.6 is 0 Å². The number of hydrogen-bond donors (Lipinski definition) is 1. The highest BCUT2D eigenvalue weighted by molar-refractivity contribution is 5.42. The van der Waals surface area contributed by atoms with Gasteiger partial charge in [0.2, 0.25) is 0 Å². The number of rotatable bonds is 4. The van der Waals surface area contributed by atoms with Gasteiger partial charge in [-0.2, -0.15) is 0 Å². The van der Waals surface area contributed by atoms with Crippen molar-refractivity contribution in [3.05, 3.63) is 28.8 Å². The summed E-state index contributed by atoms with van der Waals surface area (Å²) in [5.74, 6) is 1.61. The molecule has 1 atom stereocenters. The smallest absolute Gasteiger partial charge is 0.122 e. The Morgan fingerprint density at radius 3 is 2.47 bits per heavy atom. The van der Waals surface area contributed by atoms with Gasteiger partial charge in [-0.25, -0.2) is 0 Å². The zero-order chi connectivity index (χ0) is 13.8. The van der Waals surface area contributed by atoms with Crippen molar-refractivity contribution < 1.29 is 9.84 Å². The Balaban J connectivity index is 2.09. The molecule has 2 rings (SSSR count). The van der Waals surface area contributed by atoms with Crippen LogP contribution in [0.15, 0.2) is 12.1 Å². The average molecular weight is 262 g/mol. The van der Waals surface area contributed by atoms with Crippen molar-refractivity contribution in [1.82, 2.24) is 0 Å². The molecule has 0 radical (unpaired) electrons. The minimum atomic E-state index is -0.326. The van der Waals surface area contributed by atoms with Crippen LogP contribution < -0.4 is 4.74 Å². The molecule has 0 saturated heterocycles. The Morgan fingerprint density at radius 2 is 1.84 bits per heavy atom. The number of aryl methyl sites for hydroxylation is 2. The van der Waals surface area contributed by atoms with Gasteiger partial charge in [0, 0.05) is 0 Å². The molecule has 19 heavy (non-hydrogen) atoms. The van der Waals surface area contributed by atoms with Crippen molar-refractivity contribution >= 4 is 0 Å². The second-order valence-electron chi connectivity index (χ2n) is 5.93. The third-order valence-electron chi connectivity index (χ3n) is 4.42. The molecule has 2 nitrogen and oxygen atoms in total. The molecule has 0 amide bonds. The molecule has 1 unspecified atom stereocenters. The van der Waals surface area contributed by atoms with Gasteiger partial charge in [-0.1, -0.05) is 32.1 Å². The number of aliphatic hydroxyl groups is 1. The van der Waals surface area contributed by atoms with E-state index in [0.29, 0.717) is 5.92 Å². The quantitative estimate of drug-likeness (QED) is 0.876. The third kappa shape index (κ3) is 3.50. The van der Waals surface area contributed by atoms with Crippen molar-refractivity contribution in [2.45, 2.75) is 58.5 Å². The number of hydrogen-bond acceptors (Lipinski definition) is 2. The van der Waals surface area contributed by atoms with Crippen LogP contribution in [0.4, 0.5) is 0 Å². The minimum absolute atomic E-state index is 0.326. The summed E-state index contributed by atoms with van der Waals surface area (Å²) >= 11 is 0. The van der Waals surface area contributed by atoms with Gasteiger partial charge in [0.25, 0.3) is 0 Å². The summed E-state index contributed by atoms with van der Waals surface area (Å²) in [5.41, 5.74) is 3.31. The second-order valence-corrected chi connectivity index (χ2v) is 5.93. The van der Waals surface area contributed by atoms with Gasteiger partial charge >= 0.3 is 0 Å². The normalized spacial score (nSPS) is 18.3. The summed E-state index contributed by atoms with van der Waals surface area (Å²) in [4.78, 5) is 0. The fraction of sp³-hybridized carbons (Fsp3) is 0.647. The topological polar surface area (TPSA) is 29.5 Å². The maximum atomic E-state index is 10.5. The lowest BCUT2D eigenvalue weighted by molar-refractivity contribution is 0.130. The van der Waals surface area contributed by atoms with E-state index in [-0.39, 0.29) is 6.10 Å². The van der Waals surface area contributed by atoms with Crippen molar-refractivity contribution in [2.75, 3.05) is 7.11 Å². The molecule has 0 heterocycles. The monoisotopic (exact) mass is 262 g/mol. The third-order valence-corrected chi connectivity index (χ3v) is 4.42. The summed E-state index contributed by atoms with van der Waals surface area (Å²) in [5, 5.41) is 10.5. The lowest BCUT2D eigenvalue weighted by Crippen LogP contribution is -2.12. The standard InChI is InChI=1S/C17H26O2/c1-12-10-17(19-3)13(2)9-15(12)16(18)11-14-7-5-4-6-8-14/h9-10,14,16,18H,4-8,11H2,1-3H3. The van der Waals surface area contributed by atoms with Crippen LogP contribution in [0.3, 0.4) is 0 Å². The van der Waals surface area contributed by atoms with E-state index in [4.69, 9.17) is 4.74 Å². The van der Waals surface area contributed by atoms with E-state index in [9.17, 15) is 5.11 Å². The van der Waals surface area contributed by atoms with Gasteiger partial charge < -0.3 is 9.84 Å². The Kier molecular flexibility index (Phi) is 4.87. The summed E-state index contributed by atoms with van der Waals surface area (Å²) in [7, 11) is 1.69. The average Bonchev–Trinajstić information content (AvgIpc) is 2.42. The maximum absolute atomic E-state index is 10.5. The number of benzene rings is 1. The molecule has 1 aromatic rings. The molecule has 0 spiro atoms. The second kappa shape index (κ2) is 6.42. The molecular weight excluding hydrogens is 236 g/mol. The van der Waals surface area contributed by atoms with Crippen LogP contribution in [0.25, 0.3) is 0 Å². The highest BCUT2D eigenvalue weighted by atomic mass is 16.5. The van der Waals surface area contributed by atoms with Crippen molar-refractivity contribution in [2.24, 2.45) is 5.92 Å². The Labute approximate surface area is 116 Å². The van der Waals surface area contributed by atoms with Gasteiger partial charge in [0.1, 0.15) is 5.75 Å². The fourth-order valence-electron chi connectivity index (χ4n) is 3.26. The first-order chi connectivity index (χ1) is 9.11. The Bertz CT molecular complexity index is 420. The van der Waals surface area contributed by atoms with E-state index in [1.165, 1.54) is 32.1 Å². The number of aliphatic hydroxyl groups excluding tert-OH is 1. The molecule has 106 valence electrons. The van der Waals surface area contributed by atoms with Crippen molar-refractivity contribution in [3.63, 3.8) is 0 Å². The largest absolute Gasteiger partial charge is 0.496 e. The maximum Gasteiger partial charge on any atom is 0.122 e. The summed E-state index contributed by atoms with van der Waals surface area (Å²) in [6, 6.07) is 4.12. The van der Waals surface area contributed by atoms with Gasteiger partial charge in [-0.3, -0.25) is 0 Å². The van der Waals surface area contributed by atoms with Gasteiger partial charge in [0.05, 0.1) is 13.2 Å². The van der Waals surface area contributed by atoms with Crippen molar-refractivity contribution in [3.8, 4) is 5.75 Å². The summed E-state index contributed by atoms with van der Waals surface area (Å²) < 4.78 is 5.33. The van der Waals surface area contributed by atoms with E-state index < -0.39 is 0 Å². The molecule has 1 fully saturated rings. The number of methoxy groups -OCH3 is 1. The fourth-order valence-corrected chi connectivity index (χ4v) is 3.26. The molecule has 0 bridgehead atoms. The summed E-state index contributed by atoms with van der Waals surface area (Å²) in [6.45, 7) is 4.09. The van der Waals surface area contributed by atoms with Crippen LogP contribution in [0.1, 0.15) is 61.3 Å². The SMILES string of the molecule is COc1cc(C)c(C(O)CC2CCCCC2)cc1C. The zero-order valence-corrected chi connectivity index (χ0v) is 12.4. The summed E-state index contributed by atoms with van der Waals surface area (Å²) in [6.07, 6.45) is 7.18. The van der Waals surface area contributed by atoms with Crippen LogP contribution in [0.5, 0.6) is 5.75 Å². The molecule has 1 saturated carbocycles. The van der Waals surface area contributed by atoms with Gasteiger partial charge in [0.15, 0.2) is 0 Å². The molecule has 1 aliphatic rings. The highest BCUT2D eigenvalue weighted by Gasteiger charge is 2.20. The van der Waals surface area contributed by atoms with Gasteiger partial charge in [-0.05, 0) is 55.0 Å². The van der Waals surface area contributed by atoms with E-state index in [1.54, 1.807) is 7.11 Å². The first-order valence-electron chi connectivity index (χ1n) is 7.45. The number of ether oxygens (including phenoxy) is 1. The molecule has 2 heteroatoms. The first-order valence-corrected chi connectivity index (χ1v) is 7.45. The lowest BCUT2D eigenvalue weighted by atomic mass is 9.83. The molecule has 1 N–H and O–H groups in total. The van der Waals surface area contributed by atoms with Crippen molar-refractivity contribution in [1.29, 1.82) is 0 Å². The lowest BCUT2D eigenvalue weighted by Gasteiger charge is -2.25. The zero-order valence-electron chi connectivity index (χ0n) is 12.4. The predicted molar refractivity (Wildman–Crippen MR) is 78.6 cm³/mol. The van der Waals surface area contributed by atoms with E-state index in [0.717, 1.165) is 28.9 Å². The highest BCUT2D eigenvalue weighted by Crippen LogP contribution is 2.34. The molecular formula is C17H26O2. The molecule has 0 aromatic heterocycles. The molecule has 0 aliphatic heterocycles. The van der Waals surface area contributed by atoms with Crippen LogP contribution in [0, 0.1) is 19.8 Å². The molecule has 1 aromatic carbocycles. The minimum Gasteiger partial charge on any atom is -0.496 e. The van der Waals surface area contributed by atoms with Crippen LogP contribution in [-0.2, 0) is 0 Å². The van der Waals surface area contributed by atoms with Crippen LogP contribution in [0.2, 0.25) is 0 Å². The first kappa shape index (κ1) is 14.4.